The predicted molar refractivity (Wildman–Crippen MR) is 152 cm³/mol. The fourth-order valence-electron chi connectivity index (χ4n) is 5.29. The summed E-state index contributed by atoms with van der Waals surface area (Å²) >= 11 is 0. The highest BCUT2D eigenvalue weighted by Gasteiger charge is 2.19. The number of H-pyrrole nitrogens is 2. The molecule has 0 amide bonds. The van der Waals surface area contributed by atoms with Crippen molar-refractivity contribution in [2.45, 2.75) is 52.7 Å². The molecule has 0 bridgehead atoms. The quantitative estimate of drug-likeness (QED) is 0.216. The second-order valence-corrected chi connectivity index (χ2v) is 11.4. The molecule has 6 heterocycles. The van der Waals surface area contributed by atoms with Crippen molar-refractivity contribution in [1.29, 1.82) is 0 Å². The number of aromatic amines is 2. The Hall–Kier alpha value is -3.98. The van der Waals surface area contributed by atoms with Crippen molar-refractivity contribution >= 4 is 33.4 Å². The topological polar surface area (TPSA) is 119 Å². The van der Waals surface area contributed by atoms with E-state index in [9.17, 15) is 5.11 Å². The second-order valence-electron chi connectivity index (χ2n) is 11.4. The van der Waals surface area contributed by atoms with Crippen LogP contribution in [-0.4, -0.2) is 54.6 Å². The number of aliphatic hydroxyl groups is 1. The van der Waals surface area contributed by atoms with Crippen molar-refractivity contribution in [2.24, 2.45) is 5.41 Å². The molecular formula is C29H34N8O. The molecule has 1 aliphatic heterocycles. The summed E-state index contributed by atoms with van der Waals surface area (Å²) in [5, 5.41) is 23.4. The lowest BCUT2D eigenvalue weighted by Gasteiger charge is -2.28. The van der Waals surface area contributed by atoms with E-state index in [4.69, 9.17) is 4.98 Å². The van der Waals surface area contributed by atoms with Crippen LogP contribution in [0.15, 0.2) is 49.1 Å². The molecule has 38 heavy (non-hydrogen) atoms. The molecule has 6 rings (SSSR count). The fourth-order valence-corrected chi connectivity index (χ4v) is 5.29. The number of hydrogen-bond acceptors (Lipinski definition) is 7. The number of rotatable bonds is 6. The number of nitrogens with zero attached hydrogens (tertiary/aromatic N) is 5. The van der Waals surface area contributed by atoms with Gasteiger partial charge in [0.25, 0.3) is 0 Å². The molecule has 0 saturated carbocycles. The number of aromatic nitrogens is 6. The monoisotopic (exact) mass is 510 g/mol. The minimum Gasteiger partial charge on any atom is -0.374 e. The summed E-state index contributed by atoms with van der Waals surface area (Å²) in [7, 11) is 0. The zero-order chi connectivity index (χ0) is 26.3. The average Bonchev–Trinajstić information content (AvgIpc) is 3.51. The van der Waals surface area contributed by atoms with Crippen molar-refractivity contribution in [2.75, 3.05) is 23.3 Å². The van der Waals surface area contributed by atoms with Gasteiger partial charge in [0.15, 0.2) is 5.65 Å². The molecule has 196 valence electrons. The van der Waals surface area contributed by atoms with Crippen molar-refractivity contribution in [3.63, 3.8) is 0 Å². The Balaban J connectivity index is 1.33. The smallest absolute Gasteiger partial charge is 0.155 e. The molecule has 4 N–H and O–H groups in total. The van der Waals surface area contributed by atoms with Gasteiger partial charge < -0.3 is 20.3 Å². The molecule has 9 heteroatoms. The Morgan fingerprint density at radius 2 is 1.82 bits per heavy atom. The minimum absolute atomic E-state index is 0.0112. The normalized spacial score (nSPS) is 15.3. The van der Waals surface area contributed by atoms with Crippen molar-refractivity contribution in [1.82, 2.24) is 30.1 Å². The van der Waals surface area contributed by atoms with Gasteiger partial charge in [0.1, 0.15) is 17.7 Å². The number of pyridine rings is 3. The van der Waals surface area contributed by atoms with Gasteiger partial charge in [-0.2, -0.15) is 5.10 Å². The predicted octanol–water partition coefficient (Wildman–Crippen LogP) is 5.72. The Morgan fingerprint density at radius 1 is 1.00 bits per heavy atom. The lowest BCUT2D eigenvalue weighted by Crippen LogP contribution is -2.30. The molecule has 0 aromatic carbocycles. The molecule has 1 saturated heterocycles. The average molecular weight is 511 g/mol. The molecule has 0 spiro atoms. The van der Waals surface area contributed by atoms with E-state index in [-0.39, 0.29) is 5.41 Å². The van der Waals surface area contributed by atoms with E-state index in [1.165, 1.54) is 19.3 Å². The number of anilines is 2. The van der Waals surface area contributed by atoms with Crippen LogP contribution in [0.2, 0.25) is 0 Å². The molecule has 1 unspecified atom stereocenters. The summed E-state index contributed by atoms with van der Waals surface area (Å²) in [6, 6.07) is 8.24. The molecule has 5 aromatic heterocycles. The van der Waals surface area contributed by atoms with Crippen LogP contribution in [0.1, 0.15) is 46.5 Å². The van der Waals surface area contributed by atoms with Crippen molar-refractivity contribution in [3.05, 3.63) is 49.1 Å². The van der Waals surface area contributed by atoms with Crippen LogP contribution < -0.4 is 10.2 Å². The molecule has 9 nitrogen and oxygen atoms in total. The maximum Gasteiger partial charge on any atom is 0.155 e. The Morgan fingerprint density at radius 3 is 2.63 bits per heavy atom. The van der Waals surface area contributed by atoms with E-state index in [0.29, 0.717) is 6.42 Å². The first kappa shape index (κ1) is 24.4. The third kappa shape index (κ3) is 4.93. The highest BCUT2D eigenvalue weighted by atomic mass is 16.3. The van der Waals surface area contributed by atoms with Gasteiger partial charge in [0.05, 0.1) is 23.1 Å². The largest absolute Gasteiger partial charge is 0.374 e. The van der Waals surface area contributed by atoms with Gasteiger partial charge in [-0.1, -0.05) is 20.8 Å². The van der Waals surface area contributed by atoms with Crippen LogP contribution in [0.5, 0.6) is 0 Å². The van der Waals surface area contributed by atoms with Crippen molar-refractivity contribution < 1.29 is 5.11 Å². The summed E-state index contributed by atoms with van der Waals surface area (Å²) in [6.45, 7) is 8.40. The highest BCUT2D eigenvalue weighted by Crippen LogP contribution is 2.34. The fraction of sp³-hybridized carbons (Fsp3) is 0.379. The molecule has 1 atom stereocenters. The zero-order valence-electron chi connectivity index (χ0n) is 22.1. The van der Waals surface area contributed by atoms with Crippen molar-refractivity contribution in [3.8, 4) is 22.5 Å². The summed E-state index contributed by atoms with van der Waals surface area (Å²) < 4.78 is 0. The van der Waals surface area contributed by atoms with Crippen LogP contribution >= 0.6 is 0 Å². The molecular weight excluding hydrogens is 476 g/mol. The number of fused-ring (bicyclic) bond motifs is 2. The molecule has 0 aliphatic carbocycles. The van der Waals surface area contributed by atoms with E-state index in [1.54, 1.807) is 6.20 Å². The zero-order valence-corrected chi connectivity index (χ0v) is 22.1. The first-order valence-electron chi connectivity index (χ1n) is 13.3. The Labute approximate surface area is 221 Å². The van der Waals surface area contributed by atoms with Crippen LogP contribution in [0.4, 0.5) is 11.5 Å². The second kappa shape index (κ2) is 9.72. The van der Waals surface area contributed by atoms with E-state index >= 15 is 0 Å². The maximum absolute atomic E-state index is 10.5. The lowest BCUT2D eigenvalue weighted by atomic mass is 9.91. The summed E-state index contributed by atoms with van der Waals surface area (Å²) in [4.78, 5) is 19.7. The van der Waals surface area contributed by atoms with E-state index in [0.717, 1.165) is 69.0 Å². The lowest BCUT2D eigenvalue weighted by molar-refractivity contribution is 0.145. The first-order valence-corrected chi connectivity index (χ1v) is 13.3. The molecule has 1 aliphatic rings. The van der Waals surface area contributed by atoms with E-state index in [2.05, 4.69) is 68.3 Å². The highest BCUT2D eigenvalue weighted by molar-refractivity contribution is 5.99. The van der Waals surface area contributed by atoms with E-state index < -0.39 is 6.23 Å². The SMILES string of the molecule is CC(C)(C)CC(O)Nc1cncc(-c2cnc3[nH]nc(-c4cc5c(N6CCCCC6)nccc5[nH]4)c3c2)c1. The Kier molecular flexibility index (Phi) is 6.23. The van der Waals surface area contributed by atoms with Gasteiger partial charge in [0.2, 0.25) is 0 Å². The number of nitrogens with one attached hydrogen (secondary N) is 3. The minimum atomic E-state index is -0.653. The van der Waals surface area contributed by atoms with Gasteiger partial charge in [-0.05, 0) is 55.4 Å². The standard InChI is InChI=1S/C29H34N8O/c1-29(2,3)14-25(38)33-20-11-18(15-30-17-20)19-12-22-26(35-36-27(22)32-16-19)24-13-21-23(34-24)7-8-31-28(21)37-9-5-4-6-10-37/h7-8,11-13,15-17,25,33-34,38H,4-6,9-10,14H2,1-3H3,(H,32,35,36). The molecule has 1 fully saturated rings. The van der Waals surface area contributed by atoms with Gasteiger partial charge in [-0.25, -0.2) is 9.97 Å². The number of aliphatic hydroxyl groups excluding tert-OH is 1. The first-order chi connectivity index (χ1) is 18.3. The number of hydrogen-bond donors (Lipinski definition) is 4. The van der Waals surface area contributed by atoms with Crippen LogP contribution in [0, 0.1) is 5.41 Å². The van der Waals surface area contributed by atoms with Gasteiger partial charge in [-0.3, -0.25) is 10.1 Å². The maximum atomic E-state index is 10.5. The van der Waals surface area contributed by atoms with E-state index in [1.807, 2.05) is 30.7 Å². The summed E-state index contributed by atoms with van der Waals surface area (Å²) in [5.74, 6) is 1.03. The van der Waals surface area contributed by atoms with Crippen LogP contribution in [0.3, 0.4) is 0 Å². The third-order valence-corrected chi connectivity index (χ3v) is 7.06. The molecule has 0 radical (unpaired) electrons. The van der Waals surface area contributed by atoms with Gasteiger partial charge >= 0.3 is 0 Å². The third-order valence-electron chi connectivity index (χ3n) is 7.06. The number of piperidine rings is 1. The van der Waals surface area contributed by atoms with Gasteiger partial charge in [-0.15, -0.1) is 0 Å². The Bertz CT molecular complexity index is 1570. The van der Waals surface area contributed by atoms with Crippen LogP contribution in [0.25, 0.3) is 44.5 Å². The van der Waals surface area contributed by atoms with Gasteiger partial charge in [0, 0.05) is 53.6 Å². The molecule has 5 aromatic rings. The summed E-state index contributed by atoms with van der Waals surface area (Å²) in [6.07, 6.45) is 10.9. The summed E-state index contributed by atoms with van der Waals surface area (Å²) in [5.41, 5.74) is 6.12. The van der Waals surface area contributed by atoms with Crippen LogP contribution in [-0.2, 0) is 0 Å².